The van der Waals surface area contributed by atoms with Crippen molar-refractivity contribution in [3.63, 3.8) is 0 Å². The molecule has 0 saturated carbocycles. The second-order valence-electron chi connectivity index (χ2n) is 4.43. The van der Waals surface area contributed by atoms with E-state index in [0.717, 1.165) is 30.6 Å². The van der Waals surface area contributed by atoms with Crippen LogP contribution in [0.25, 0.3) is 0 Å². The minimum absolute atomic E-state index is 0.120. The number of halogens is 1. The highest BCUT2D eigenvalue weighted by atomic mass is 19.1. The second kappa shape index (κ2) is 6.61. The van der Waals surface area contributed by atoms with Gasteiger partial charge in [-0.1, -0.05) is 17.7 Å². The Morgan fingerprint density at radius 1 is 1.31 bits per heavy atom. The van der Waals surface area contributed by atoms with Crippen molar-refractivity contribution in [2.75, 3.05) is 27.2 Å². The zero-order chi connectivity index (χ0) is 12.0. The van der Waals surface area contributed by atoms with Crippen molar-refractivity contribution < 1.29 is 4.39 Å². The molecule has 3 heteroatoms. The topological polar surface area (TPSA) is 15.3 Å². The van der Waals surface area contributed by atoms with E-state index < -0.39 is 0 Å². The largest absolute Gasteiger partial charge is 0.313 e. The summed E-state index contributed by atoms with van der Waals surface area (Å²) in [6.45, 7) is 4.57. The normalized spacial score (nSPS) is 11.1. The maximum atomic E-state index is 13.4. The Hall–Kier alpha value is -0.930. The van der Waals surface area contributed by atoms with Crippen LogP contribution in [0.5, 0.6) is 0 Å². The quantitative estimate of drug-likeness (QED) is 0.745. The summed E-state index contributed by atoms with van der Waals surface area (Å²) in [4.78, 5) is 2.15. The number of rotatable bonds is 6. The lowest BCUT2D eigenvalue weighted by molar-refractivity contribution is 0.394. The Labute approximate surface area is 97.5 Å². The standard InChI is InChI=1S/C13H21FN2/c1-11-5-6-13(14)12(9-11)10-15-7-4-8-16(2)3/h5-6,9,15H,4,7-8,10H2,1-3H3. The first-order valence-corrected chi connectivity index (χ1v) is 5.70. The van der Waals surface area contributed by atoms with Crippen molar-refractivity contribution in [2.45, 2.75) is 19.9 Å². The highest BCUT2D eigenvalue weighted by molar-refractivity contribution is 5.23. The summed E-state index contributed by atoms with van der Waals surface area (Å²) >= 11 is 0. The number of nitrogens with one attached hydrogen (secondary N) is 1. The molecule has 0 fully saturated rings. The van der Waals surface area contributed by atoms with Crippen molar-refractivity contribution in [1.82, 2.24) is 10.2 Å². The zero-order valence-corrected chi connectivity index (χ0v) is 10.4. The number of hydrogen-bond acceptors (Lipinski definition) is 2. The number of benzene rings is 1. The van der Waals surface area contributed by atoms with Gasteiger partial charge in [0.2, 0.25) is 0 Å². The van der Waals surface area contributed by atoms with Gasteiger partial charge in [0.15, 0.2) is 0 Å². The van der Waals surface area contributed by atoms with Crippen LogP contribution < -0.4 is 5.32 Å². The molecule has 1 rings (SSSR count). The van der Waals surface area contributed by atoms with Crippen molar-refractivity contribution in [3.8, 4) is 0 Å². The fraction of sp³-hybridized carbons (Fsp3) is 0.538. The number of hydrogen-bond donors (Lipinski definition) is 1. The molecule has 1 aromatic rings. The summed E-state index contributed by atoms with van der Waals surface area (Å²) < 4.78 is 13.4. The molecule has 0 saturated heterocycles. The lowest BCUT2D eigenvalue weighted by Crippen LogP contribution is -2.21. The Balaban J connectivity index is 2.29. The fourth-order valence-corrected chi connectivity index (χ4v) is 1.58. The molecular formula is C13H21FN2. The molecule has 2 nitrogen and oxygen atoms in total. The third kappa shape index (κ3) is 4.73. The molecule has 1 aromatic carbocycles. The van der Waals surface area contributed by atoms with Gasteiger partial charge in [0.25, 0.3) is 0 Å². The minimum atomic E-state index is -0.120. The van der Waals surface area contributed by atoms with Crippen molar-refractivity contribution in [2.24, 2.45) is 0 Å². The van der Waals surface area contributed by atoms with Gasteiger partial charge in [0, 0.05) is 12.1 Å². The highest BCUT2D eigenvalue weighted by Gasteiger charge is 2.01. The van der Waals surface area contributed by atoms with Crippen LogP contribution in [-0.2, 0) is 6.54 Å². The molecule has 0 spiro atoms. The summed E-state index contributed by atoms with van der Waals surface area (Å²) in [5, 5.41) is 3.26. The Bertz CT molecular complexity index is 324. The molecule has 0 aliphatic rings. The van der Waals surface area contributed by atoms with Gasteiger partial charge in [0.05, 0.1) is 0 Å². The van der Waals surface area contributed by atoms with Crippen LogP contribution in [0.3, 0.4) is 0 Å². The van der Waals surface area contributed by atoms with E-state index in [1.165, 1.54) is 6.07 Å². The first-order chi connectivity index (χ1) is 7.59. The molecule has 0 unspecified atom stereocenters. The van der Waals surface area contributed by atoms with E-state index >= 15 is 0 Å². The van der Waals surface area contributed by atoms with Crippen LogP contribution in [0.2, 0.25) is 0 Å². The van der Waals surface area contributed by atoms with Gasteiger partial charge in [0.1, 0.15) is 5.82 Å². The predicted octanol–water partition coefficient (Wildman–Crippen LogP) is 2.18. The molecule has 0 atom stereocenters. The van der Waals surface area contributed by atoms with Crippen molar-refractivity contribution >= 4 is 0 Å². The molecule has 0 aromatic heterocycles. The molecule has 0 heterocycles. The monoisotopic (exact) mass is 224 g/mol. The van der Waals surface area contributed by atoms with E-state index in [4.69, 9.17) is 0 Å². The first kappa shape index (κ1) is 13.1. The Morgan fingerprint density at radius 3 is 2.75 bits per heavy atom. The summed E-state index contributed by atoms with van der Waals surface area (Å²) in [5.74, 6) is -0.120. The summed E-state index contributed by atoms with van der Waals surface area (Å²) in [7, 11) is 4.11. The summed E-state index contributed by atoms with van der Waals surface area (Å²) in [5.41, 5.74) is 1.86. The lowest BCUT2D eigenvalue weighted by atomic mass is 10.1. The third-order valence-corrected chi connectivity index (χ3v) is 2.48. The summed E-state index contributed by atoms with van der Waals surface area (Å²) in [6.07, 6.45) is 1.08. The molecule has 0 amide bonds. The SMILES string of the molecule is Cc1ccc(F)c(CNCCCN(C)C)c1. The van der Waals surface area contributed by atoms with E-state index in [1.807, 2.05) is 13.0 Å². The molecule has 0 aliphatic heterocycles. The zero-order valence-electron chi connectivity index (χ0n) is 10.4. The second-order valence-corrected chi connectivity index (χ2v) is 4.43. The van der Waals surface area contributed by atoms with E-state index in [1.54, 1.807) is 6.07 Å². The van der Waals surface area contributed by atoms with Crippen LogP contribution in [0, 0.1) is 12.7 Å². The molecule has 90 valence electrons. The van der Waals surface area contributed by atoms with Crippen molar-refractivity contribution in [3.05, 3.63) is 35.1 Å². The van der Waals surface area contributed by atoms with Crippen LogP contribution in [-0.4, -0.2) is 32.1 Å². The highest BCUT2D eigenvalue weighted by Crippen LogP contribution is 2.09. The van der Waals surface area contributed by atoms with E-state index in [0.29, 0.717) is 6.54 Å². The van der Waals surface area contributed by atoms with Gasteiger partial charge < -0.3 is 10.2 Å². The molecule has 0 bridgehead atoms. The average molecular weight is 224 g/mol. The molecule has 0 aliphatic carbocycles. The van der Waals surface area contributed by atoms with Crippen LogP contribution in [0.4, 0.5) is 4.39 Å². The molecule has 0 radical (unpaired) electrons. The fourth-order valence-electron chi connectivity index (χ4n) is 1.58. The number of aryl methyl sites for hydroxylation is 1. The summed E-state index contributed by atoms with van der Waals surface area (Å²) in [6, 6.07) is 5.23. The van der Waals surface area contributed by atoms with E-state index in [9.17, 15) is 4.39 Å². The van der Waals surface area contributed by atoms with Crippen molar-refractivity contribution in [1.29, 1.82) is 0 Å². The van der Waals surface area contributed by atoms with Gasteiger partial charge >= 0.3 is 0 Å². The van der Waals surface area contributed by atoms with Gasteiger partial charge in [-0.05, 0) is 46.6 Å². The van der Waals surface area contributed by atoms with E-state index in [2.05, 4.69) is 24.3 Å². The Kier molecular flexibility index (Phi) is 5.43. The van der Waals surface area contributed by atoms with Gasteiger partial charge in [-0.3, -0.25) is 0 Å². The molecule has 1 N–H and O–H groups in total. The minimum Gasteiger partial charge on any atom is -0.313 e. The van der Waals surface area contributed by atoms with Gasteiger partial charge in [-0.15, -0.1) is 0 Å². The number of nitrogens with zero attached hydrogens (tertiary/aromatic N) is 1. The predicted molar refractivity (Wildman–Crippen MR) is 66.0 cm³/mol. The van der Waals surface area contributed by atoms with Gasteiger partial charge in [-0.25, -0.2) is 4.39 Å². The van der Waals surface area contributed by atoms with Crippen LogP contribution >= 0.6 is 0 Å². The lowest BCUT2D eigenvalue weighted by Gasteiger charge is -2.10. The average Bonchev–Trinajstić information content (AvgIpc) is 2.22. The van der Waals surface area contributed by atoms with E-state index in [-0.39, 0.29) is 5.82 Å². The smallest absolute Gasteiger partial charge is 0.127 e. The first-order valence-electron chi connectivity index (χ1n) is 5.70. The maximum Gasteiger partial charge on any atom is 0.127 e. The van der Waals surface area contributed by atoms with Crippen LogP contribution in [0.1, 0.15) is 17.5 Å². The van der Waals surface area contributed by atoms with Crippen LogP contribution in [0.15, 0.2) is 18.2 Å². The molecular weight excluding hydrogens is 203 g/mol. The Morgan fingerprint density at radius 2 is 2.06 bits per heavy atom. The maximum absolute atomic E-state index is 13.4. The van der Waals surface area contributed by atoms with Gasteiger partial charge in [-0.2, -0.15) is 0 Å². The molecule has 16 heavy (non-hydrogen) atoms. The third-order valence-electron chi connectivity index (χ3n) is 2.48.